The number of halogens is 4. The van der Waals surface area contributed by atoms with Gasteiger partial charge in [-0.05, 0) is 55.8 Å². The predicted molar refractivity (Wildman–Crippen MR) is 98.6 cm³/mol. The molecule has 0 fully saturated rings. The van der Waals surface area contributed by atoms with Crippen LogP contribution in [0.15, 0.2) is 41.3 Å². The molecule has 11 heteroatoms. The van der Waals surface area contributed by atoms with Crippen molar-refractivity contribution in [2.45, 2.75) is 30.5 Å². The van der Waals surface area contributed by atoms with Gasteiger partial charge in [0.05, 0.1) is 27.8 Å². The summed E-state index contributed by atoms with van der Waals surface area (Å²) in [5, 5.41) is 21.2. The zero-order valence-corrected chi connectivity index (χ0v) is 16.5. The number of hydrogen-bond acceptors (Lipinski definition) is 5. The van der Waals surface area contributed by atoms with Crippen LogP contribution in [0.5, 0.6) is 0 Å². The van der Waals surface area contributed by atoms with Gasteiger partial charge in [0.1, 0.15) is 5.82 Å². The van der Waals surface area contributed by atoms with Crippen molar-refractivity contribution in [2.24, 2.45) is 0 Å². The number of carbonyl (C=O) groups is 1. The Morgan fingerprint density at radius 3 is 2.37 bits per heavy atom. The highest BCUT2D eigenvalue weighted by Crippen LogP contribution is 2.33. The Morgan fingerprint density at radius 1 is 1.20 bits per heavy atom. The van der Waals surface area contributed by atoms with Gasteiger partial charge in [-0.3, -0.25) is 4.79 Å². The smallest absolute Gasteiger partial charge is 0.379 e. The maximum atomic E-state index is 13.4. The molecule has 0 heterocycles. The van der Waals surface area contributed by atoms with Crippen LogP contribution in [-0.4, -0.2) is 30.8 Å². The molecule has 2 N–H and O–H groups in total. The minimum absolute atomic E-state index is 0.0393. The highest BCUT2D eigenvalue weighted by molar-refractivity contribution is 7.91. The number of aryl methyl sites for hydroxylation is 1. The summed E-state index contributed by atoms with van der Waals surface area (Å²) in [5.74, 6) is -3.01. The van der Waals surface area contributed by atoms with Crippen molar-refractivity contribution >= 4 is 21.4 Å². The molecule has 1 unspecified atom stereocenters. The van der Waals surface area contributed by atoms with Gasteiger partial charge in [-0.2, -0.15) is 18.4 Å². The first-order valence-corrected chi connectivity index (χ1v) is 9.97. The van der Waals surface area contributed by atoms with Crippen molar-refractivity contribution in [2.75, 3.05) is 11.1 Å². The molecule has 0 aromatic heterocycles. The van der Waals surface area contributed by atoms with Gasteiger partial charge in [-0.1, -0.05) is 0 Å². The lowest BCUT2D eigenvalue weighted by atomic mass is 10.1. The minimum atomic E-state index is -4.86. The average molecular weight is 444 g/mol. The summed E-state index contributed by atoms with van der Waals surface area (Å²) in [6.45, 7) is 2.22. The van der Waals surface area contributed by atoms with Crippen molar-refractivity contribution in [3.63, 3.8) is 0 Å². The number of amides is 1. The number of sulfone groups is 1. The van der Waals surface area contributed by atoms with E-state index in [9.17, 15) is 35.9 Å². The molecule has 160 valence electrons. The van der Waals surface area contributed by atoms with Crippen LogP contribution in [0, 0.1) is 24.1 Å². The highest BCUT2D eigenvalue weighted by atomic mass is 32.2. The average Bonchev–Trinajstić information content (AvgIpc) is 2.62. The Kier molecular flexibility index (Phi) is 6.25. The second-order valence-electron chi connectivity index (χ2n) is 6.77. The molecular formula is C19H16F4N2O4S. The summed E-state index contributed by atoms with van der Waals surface area (Å²) in [6.07, 6.45) is -4.86. The lowest BCUT2D eigenvalue weighted by molar-refractivity contribution is -0.137. The second kappa shape index (κ2) is 8.04. The van der Waals surface area contributed by atoms with Gasteiger partial charge in [0.15, 0.2) is 15.4 Å². The number of alkyl halides is 3. The van der Waals surface area contributed by atoms with Crippen molar-refractivity contribution < 1.29 is 35.9 Å². The predicted octanol–water partition coefficient (Wildman–Crippen LogP) is 3.19. The van der Waals surface area contributed by atoms with Crippen LogP contribution < -0.4 is 5.32 Å². The van der Waals surface area contributed by atoms with Gasteiger partial charge >= 0.3 is 6.18 Å². The van der Waals surface area contributed by atoms with Crippen molar-refractivity contribution in [1.29, 1.82) is 5.26 Å². The first-order valence-electron chi connectivity index (χ1n) is 8.31. The topological polar surface area (TPSA) is 107 Å². The molecule has 0 saturated heterocycles. The zero-order valence-electron chi connectivity index (χ0n) is 15.7. The standard InChI is InChI=1S/C19H16F4N2O4S/c1-11-7-14(5-6-16(11)20)30(28,29)10-18(2,27)17(26)25-13-4-3-12(9-24)15(8-13)19(21,22)23/h3-8,27H,10H2,1-2H3,(H,25,26). The van der Waals surface area contributed by atoms with Gasteiger partial charge in [0.25, 0.3) is 5.91 Å². The van der Waals surface area contributed by atoms with Gasteiger partial charge in [0, 0.05) is 5.69 Å². The fraction of sp³-hybridized carbons (Fsp3) is 0.263. The number of benzene rings is 2. The quantitative estimate of drug-likeness (QED) is 0.544. The first-order chi connectivity index (χ1) is 13.7. The van der Waals surface area contributed by atoms with E-state index in [1.807, 2.05) is 5.32 Å². The van der Waals surface area contributed by atoms with Crippen LogP contribution in [0.25, 0.3) is 0 Å². The number of rotatable bonds is 5. The molecule has 2 rings (SSSR count). The van der Waals surface area contributed by atoms with Gasteiger partial charge in [-0.15, -0.1) is 0 Å². The third kappa shape index (κ3) is 5.14. The molecule has 0 spiro atoms. The number of aliphatic hydroxyl groups is 1. The lowest BCUT2D eigenvalue weighted by Crippen LogP contribution is -2.45. The number of hydrogen-bond donors (Lipinski definition) is 2. The van der Waals surface area contributed by atoms with Crippen LogP contribution >= 0.6 is 0 Å². The Balaban J connectivity index is 2.28. The second-order valence-corrected chi connectivity index (χ2v) is 8.76. The van der Waals surface area contributed by atoms with E-state index in [2.05, 4.69) is 0 Å². The maximum absolute atomic E-state index is 13.4. The molecule has 0 saturated carbocycles. The number of nitrogens with zero attached hydrogens (tertiary/aromatic N) is 1. The third-order valence-corrected chi connectivity index (χ3v) is 6.07. The van der Waals surface area contributed by atoms with Crippen LogP contribution in [0.4, 0.5) is 23.2 Å². The summed E-state index contributed by atoms with van der Waals surface area (Å²) in [6, 6.07) is 6.67. The Bertz CT molecular complexity index is 1140. The Morgan fingerprint density at radius 2 is 1.83 bits per heavy atom. The van der Waals surface area contributed by atoms with Crippen molar-refractivity contribution in [3.8, 4) is 6.07 Å². The van der Waals surface area contributed by atoms with Crippen LogP contribution in [-0.2, 0) is 20.8 Å². The van der Waals surface area contributed by atoms with Gasteiger partial charge in [0.2, 0.25) is 0 Å². The van der Waals surface area contributed by atoms with E-state index in [0.29, 0.717) is 6.07 Å². The van der Waals surface area contributed by atoms with E-state index in [1.165, 1.54) is 13.0 Å². The summed E-state index contributed by atoms with van der Waals surface area (Å²) in [5.41, 5.74) is -4.83. The van der Waals surface area contributed by atoms with Crippen LogP contribution in [0.3, 0.4) is 0 Å². The summed E-state index contributed by atoms with van der Waals surface area (Å²) < 4.78 is 77.5. The molecule has 1 atom stereocenters. The first kappa shape index (κ1) is 23.3. The number of carbonyl (C=O) groups excluding carboxylic acids is 1. The molecule has 0 bridgehead atoms. The largest absolute Gasteiger partial charge is 0.417 e. The highest BCUT2D eigenvalue weighted by Gasteiger charge is 2.38. The van der Waals surface area contributed by atoms with E-state index >= 15 is 0 Å². The Hall–Kier alpha value is -2.97. The SMILES string of the molecule is Cc1cc(S(=O)(=O)CC(C)(O)C(=O)Nc2ccc(C#N)c(C(F)(F)F)c2)ccc1F. The van der Waals surface area contributed by atoms with Gasteiger partial charge in [-0.25, -0.2) is 12.8 Å². The fourth-order valence-corrected chi connectivity index (χ4v) is 4.22. The number of nitriles is 1. The molecule has 0 aliphatic carbocycles. The lowest BCUT2D eigenvalue weighted by Gasteiger charge is -2.22. The molecule has 30 heavy (non-hydrogen) atoms. The molecule has 2 aromatic carbocycles. The van der Waals surface area contributed by atoms with E-state index in [0.717, 1.165) is 37.3 Å². The fourth-order valence-electron chi connectivity index (χ4n) is 2.55. The molecule has 0 aliphatic rings. The number of nitrogens with one attached hydrogen (secondary N) is 1. The minimum Gasteiger partial charge on any atom is -0.379 e. The van der Waals surface area contributed by atoms with E-state index in [1.54, 1.807) is 0 Å². The van der Waals surface area contributed by atoms with Crippen molar-refractivity contribution in [1.82, 2.24) is 0 Å². The third-order valence-electron chi connectivity index (χ3n) is 4.15. The van der Waals surface area contributed by atoms with Crippen LogP contribution in [0.2, 0.25) is 0 Å². The molecule has 1 amide bonds. The van der Waals surface area contributed by atoms with E-state index in [-0.39, 0.29) is 16.1 Å². The molecular weight excluding hydrogens is 428 g/mol. The summed E-state index contributed by atoms with van der Waals surface area (Å²) in [4.78, 5) is 12.0. The monoisotopic (exact) mass is 444 g/mol. The molecule has 0 radical (unpaired) electrons. The van der Waals surface area contributed by atoms with Gasteiger partial charge < -0.3 is 10.4 Å². The normalized spacial score (nSPS) is 13.9. The molecule has 6 nitrogen and oxygen atoms in total. The molecule has 0 aliphatic heterocycles. The summed E-state index contributed by atoms with van der Waals surface area (Å²) in [7, 11) is -4.24. The maximum Gasteiger partial charge on any atom is 0.417 e. The van der Waals surface area contributed by atoms with E-state index < -0.39 is 50.2 Å². The van der Waals surface area contributed by atoms with Crippen molar-refractivity contribution in [3.05, 3.63) is 58.9 Å². The number of anilines is 1. The molecule has 2 aromatic rings. The zero-order chi connectivity index (χ0) is 22.9. The van der Waals surface area contributed by atoms with E-state index in [4.69, 9.17) is 5.26 Å². The summed E-state index contributed by atoms with van der Waals surface area (Å²) >= 11 is 0. The van der Waals surface area contributed by atoms with Crippen LogP contribution in [0.1, 0.15) is 23.6 Å². The Labute approximate surface area is 169 Å².